The summed E-state index contributed by atoms with van der Waals surface area (Å²) < 4.78 is 5.16. The average molecular weight is 140 g/mol. The number of hydrogen-bond acceptors (Lipinski definition) is 3. The van der Waals surface area contributed by atoms with Crippen molar-refractivity contribution in [1.82, 2.24) is 5.32 Å². The van der Waals surface area contributed by atoms with Gasteiger partial charge in [0.1, 0.15) is 0 Å². The highest BCUT2D eigenvalue weighted by Crippen LogP contribution is 2.18. The standard InChI is InChI=1S/C7H12N2O/c1-7(9-6-8)2-4-10-5-3-7/h9H,2-5H2,1H3. The van der Waals surface area contributed by atoms with Crippen LogP contribution >= 0.6 is 0 Å². The molecule has 0 atom stereocenters. The van der Waals surface area contributed by atoms with Crippen LogP contribution in [0.5, 0.6) is 0 Å². The lowest BCUT2D eigenvalue weighted by Crippen LogP contribution is -2.44. The molecular formula is C7H12N2O. The molecule has 10 heavy (non-hydrogen) atoms. The van der Waals surface area contributed by atoms with E-state index in [1.54, 1.807) is 0 Å². The van der Waals surface area contributed by atoms with Crippen molar-refractivity contribution in [2.75, 3.05) is 13.2 Å². The van der Waals surface area contributed by atoms with E-state index in [0.29, 0.717) is 0 Å². The molecule has 0 bridgehead atoms. The molecule has 0 unspecified atom stereocenters. The molecule has 0 aromatic rings. The molecule has 56 valence electrons. The molecule has 0 spiro atoms. The molecule has 3 heteroatoms. The van der Waals surface area contributed by atoms with Gasteiger partial charge < -0.3 is 10.1 Å². The summed E-state index contributed by atoms with van der Waals surface area (Å²) in [6.45, 7) is 3.59. The zero-order chi connectivity index (χ0) is 7.45. The molecule has 0 aromatic heterocycles. The van der Waals surface area contributed by atoms with Crippen molar-refractivity contribution >= 4 is 0 Å². The molecule has 0 radical (unpaired) electrons. The molecule has 1 saturated heterocycles. The summed E-state index contributed by atoms with van der Waals surface area (Å²) in [5.41, 5.74) is -0.00694. The third kappa shape index (κ3) is 1.61. The number of nitrogens with one attached hydrogen (secondary N) is 1. The van der Waals surface area contributed by atoms with Crippen LogP contribution in [-0.2, 0) is 4.74 Å². The molecule has 1 heterocycles. The maximum absolute atomic E-state index is 8.38. The molecule has 0 amide bonds. The van der Waals surface area contributed by atoms with Crippen molar-refractivity contribution in [3.63, 3.8) is 0 Å². The van der Waals surface area contributed by atoms with E-state index < -0.39 is 0 Å². The SMILES string of the molecule is CC1(NC#N)CCOCC1. The Bertz CT molecular complexity index is 144. The predicted octanol–water partition coefficient (Wildman–Crippen LogP) is 0.626. The second kappa shape index (κ2) is 2.89. The highest BCUT2D eigenvalue weighted by molar-refractivity contribution is 4.90. The van der Waals surface area contributed by atoms with Crippen LogP contribution in [0.15, 0.2) is 0 Å². The third-order valence-corrected chi connectivity index (χ3v) is 1.95. The van der Waals surface area contributed by atoms with Crippen LogP contribution in [-0.4, -0.2) is 18.8 Å². The first-order valence-corrected chi connectivity index (χ1v) is 3.51. The van der Waals surface area contributed by atoms with Gasteiger partial charge in [-0.1, -0.05) is 0 Å². The Kier molecular flexibility index (Phi) is 2.13. The van der Waals surface area contributed by atoms with Gasteiger partial charge in [-0.15, -0.1) is 0 Å². The first kappa shape index (κ1) is 7.36. The minimum absolute atomic E-state index is 0.00694. The van der Waals surface area contributed by atoms with Gasteiger partial charge in [-0.2, -0.15) is 5.26 Å². The van der Waals surface area contributed by atoms with E-state index >= 15 is 0 Å². The van der Waals surface area contributed by atoms with Crippen LogP contribution in [0.4, 0.5) is 0 Å². The van der Waals surface area contributed by atoms with Crippen molar-refractivity contribution in [3.05, 3.63) is 0 Å². The Labute approximate surface area is 61.0 Å². The van der Waals surface area contributed by atoms with E-state index in [0.717, 1.165) is 26.1 Å². The van der Waals surface area contributed by atoms with E-state index in [4.69, 9.17) is 10.00 Å². The number of rotatable bonds is 1. The van der Waals surface area contributed by atoms with E-state index in [2.05, 4.69) is 12.2 Å². The van der Waals surface area contributed by atoms with Gasteiger partial charge in [-0.3, -0.25) is 0 Å². The van der Waals surface area contributed by atoms with E-state index in [9.17, 15) is 0 Å². The van der Waals surface area contributed by atoms with Gasteiger partial charge in [0.05, 0.1) is 0 Å². The van der Waals surface area contributed by atoms with Gasteiger partial charge in [-0.25, -0.2) is 0 Å². The molecular weight excluding hydrogens is 128 g/mol. The second-order valence-corrected chi connectivity index (χ2v) is 2.91. The summed E-state index contributed by atoms with van der Waals surface area (Å²) in [5, 5.41) is 11.2. The second-order valence-electron chi connectivity index (χ2n) is 2.91. The Hall–Kier alpha value is -0.750. The number of hydrogen-bond donors (Lipinski definition) is 1. The molecule has 1 rings (SSSR count). The summed E-state index contributed by atoms with van der Waals surface area (Å²) in [7, 11) is 0. The van der Waals surface area contributed by atoms with Gasteiger partial charge in [0.15, 0.2) is 6.19 Å². The van der Waals surface area contributed by atoms with Gasteiger partial charge in [0, 0.05) is 18.8 Å². The fourth-order valence-corrected chi connectivity index (χ4v) is 1.08. The largest absolute Gasteiger partial charge is 0.381 e. The summed E-state index contributed by atoms with van der Waals surface area (Å²) in [5.74, 6) is 0. The fraction of sp³-hybridized carbons (Fsp3) is 0.857. The van der Waals surface area contributed by atoms with E-state index in [1.807, 2.05) is 6.19 Å². The zero-order valence-electron chi connectivity index (χ0n) is 6.18. The van der Waals surface area contributed by atoms with Crippen LogP contribution < -0.4 is 5.32 Å². The molecule has 1 aliphatic heterocycles. The highest BCUT2D eigenvalue weighted by atomic mass is 16.5. The average Bonchev–Trinajstić information content (AvgIpc) is 1.89. The molecule has 0 saturated carbocycles. The Morgan fingerprint density at radius 1 is 1.50 bits per heavy atom. The van der Waals surface area contributed by atoms with Crippen LogP contribution in [0.2, 0.25) is 0 Å². The van der Waals surface area contributed by atoms with Crippen molar-refractivity contribution < 1.29 is 4.74 Å². The fourth-order valence-electron chi connectivity index (χ4n) is 1.08. The van der Waals surface area contributed by atoms with Crippen LogP contribution in [0.1, 0.15) is 19.8 Å². The van der Waals surface area contributed by atoms with Crippen molar-refractivity contribution in [1.29, 1.82) is 5.26 Å². The highest BCUT2D eigenvalue weighted by Gasteiger charge is 2.26. The normalized spacial score (nSPS) is 23.2. The zero-order valence-corrected chi connectivity index (χ0v) is 6.18. The molecule has 3 nitrogen and oxygen atoms in total. The minimum atomic E-state index is -0.00694. The number of ether oxygens (including phenoxy) is 1. The predicted molar refractivity (Wildman–Crippen MR) is 37.2 cm³/mol. The Morgan fingerprint density at radius 3 is 2.60 bits per heavy atom. The van der Waals surface area contributed by atoms with Crippen LogP contribution in [0.25, 0.3) is 0 Å². The van der Waals surface area contributed by atoms with Crippen molar-refractivity contribution in [2.45, 2.75) is 25.3 Å². The topological polar surface area (TPSA) is 45.0 Å². The summed E-state index contributed by atoms with van der Waals surface area (Å²) in [6, 6.07) is 0. The van der Waals surface area contributed by atoms with Crippen molar-refractivity contribution in [3.8, 4) is 6.19 Å². The third-order valence-electron chi connectivity index (χ3n) is 1.95. The maximum atomic E-state index is 8.38. The van der Waals surface area contributed by atoms with Gasteiger partial charge in [0.2, 0.25) is 0 Å². The number of nitrogens with zero attached hydrogens (tertiary/aromatic N) is 1. The molecule has 1 fully saturated rings. The first-order valence-electron chi connectivity index (χ1n) is 3.51. The first-order chi connectivity index (χ1) is 4.77. The van der Waals surface area contributed by atoms with E-state index in [1.165, 1.54) is 0 Å². The van der Waals surface area contributed by atoms with Gasteiger partial charge >= 0.3 is 0 Å². The van der Waals surface area contributed by atoms with Crippen molar-refractivity contribution in [2.24, 2.45) is 0 Å². The van der Waals surface area contributed by atoms with Crippen LogP contribution in [0, 0.1) is 11.5 Å². The monoisotopic (exact) mass is 140 g/mol. The molecule has 0 aromatic carbocycles. The molecule has 1 N–H and O–H groups in total. The minimum Gasteiger partial charge on any atom is -0.381 e. The lowest BCUT2D eigenvalue weighted by Gasteiger charge is -2.31. The summed E-state index contributed by atoms with van der Waals surface area (Å²) >= 11 is 0. The molecule has 0 aliphatic carbocycles. The van der Waals surface area contributed by atoms with Gasteiger partial charge in [-0.05, 0) is 19.8 Å². The Balaban J connectivity index is 2.42. The van der Waals surface area contributed by atoms with Gasteiger partial charge in [0.25, 0.3) is 0 Å². The smallest absolute Gasteiger partial charge is 0.177 e. The Morgan fingerprint density at radius 2 is 2.10 bits per heavy atom. The van der Waals surface area contributed by atoms with E-state index in [-0.39, 0.29) is 5.54 Å². The molecule has 1 aliphatic rings. The lowest BCUT2D eigenvalue weighted by atomic mass is 9.93. The maximum Gasteiger partial charge on any atom is 0.177 e. The lowest BCUT2D eigenvalue weighted by molar-refractivity contribution is 0.0512. The summed E-state index contributed by atoms with van der Waals surface area (Å²) in [6.07, 6.45) is 3.83. The quantitative estimate of drug-likeness (QED) is 0.429. The number of nitriles is 1. The summed E-state index contributed by atoms with van der Waals surface area (Å²) in [4.78, 5) is 0. The van der Waals surface area contributed by atoms with Crippen LogP contribution in [0.3, 0.4) is 0 Å².